The quantitative estimate of drug-likeness (QED) is 0.536. The van der Waals surface area contributed by atoms with Crippen LogP contribution in [0, 0.1) is 0 Å². The maximum Gasteiger partial charge on any atom is 0.339 e. The van der Waals surface area contributed by atoms with E-state index in [1.807, 2.05) is 36.4 Å². The van der Waals surface area contributed by atoms with E-state index in [0.717, 1.165) is 68.6 Å². The van der Waals surface area contributed by atoms with Gasteiger partial charge in [0.2, 0.25) is 6.79 Å². The maximum absolute atomic E-state index is 11.6. The zero-order chi connectivity index (χ0) is 24.2. The summed E-state index contributed by atoms with van der Waals surface area (Å²) >= 11 is 6.35. The molecule has 3 heterocycles. The molecule has 35 heavy (non-hydrogen) atoms. The molecule has 1 fully saturated rings. The number of hydrogen-bond acceptors (Lipinski definition) is 7. The first-order valence-electron chi connectivity index (χ1n) is 11.7. The van der Waals surface area contributed by atoms with Gasteiger partial charge in [0, 0.05) is 43.9 Å². The van der Waals surface area contributed by atoms with Gasteiger partial charge in [-0.25, -0.2) is 9.78 Å². The number of carboxylic acid groups (broad SMARTS) is 1. The summed E-state index contributed by atoms with van der Waals surface area (Å²) in [5, 5.41) is 10.1. The highest BCUT2D eigenvalue weighted by atomic mass is 35.5. The first-order chi connectivity index (χ1) is 17.1. The van der Waals surface area contributed by atoms with Crippen LogP contribution >= 0.6 is 11.6 Å². The highest BCUT2D eigenvalue weighted by Gasteiger charge is 2.24. The lowest BCUT2D eigenvalue weighted by Gasteiger charge is -2.36. The second-order valence-electron chi connectivity index (χ2n) is 8.50. The van der Waals surface area contributed by atoms with Crippen LogP contribution in [0.5, 0.6) is 11.5 Å². The van der Waals surface area contributed by atoms with E-state index >= 15 is 0 Å². The largest absolute Gasteiger partial charge is 0.478 e. The molecule has 0 aliphatic carbocycles. The molecule has 3 aromatic rings. The van der Waals surface area contributed by atoms with Crippen LogP contribution in [0.2, 0.25) is 5.02 Å². The van der Waals surface area contributed by atoms with Crippen molar-refractivity contribution in [3.05, 3.63) is 71.4 Å². The van der Waals surface area contributed by atoms with Gasteiger partial charge >= 0.3 is 5.97 Å². The van der Waals surface area contributed by atoms with Crippen molar-refractivity contribution < 1.29 is 19.4 Å². The molecule has 0 bridgehead atoms. The van der Waals surface area contributed by atoms with E-state index in [9.17, 15) is 9.90 Å². The number of fused-ring (bicyclic) bond motifs is 2. The summed E-state index contributed by atoms with van der Waals surface area (Å²) in [4.78, 5) is 22.5. The molecule has 1 saturated heterocycles. The van der Waals surface area contributed by atoms with Gasteiger partial charge in [0.05, 0.1) is 11.4 Å². The Morgan fingerprint density at radius 3 is 2.51 bits per heavy atom. The van der Waals surface area contributed by atoms with E-state index in [2.05, 4.69) is 25.8 Å². The van der Waals surface area contributed by atoms with E-state index in [4.69, 9.17) is 21.1 Å². The van der Waals surface area contributed by atoms with Crippen molar-refractivity contribution in [2.45, 2.75) is 6.42 Å². The number of para-hydroxylation sites is 2. The average molecular weight is 495 g/mol. The molecule has 2 aliphatic heterocycles. The molecule has 0 saturated carbocycles. The Morgan fingerprint density at radius 1 is 0.943 bits per heavy atom. The van der Waals surface area contributed by atoms with Gasteiger partial charge in [-0.15, -0.1) is 0 Å². The first kappa shape index (κ1) is 23.3. The Morgan fingerprint density at radius 2 is 1.71 bits per heavy atom. The number of ether oxygens (including phenoxy) is 2. The number of rotatable bonds is 6. The Balaban J connectivity index is 1.25. The van der Waals surface area contributed by atoms with Crippen LogP contribution < -0.4 is 19.3 Å². The third kappa shape index (κ3) is 5.13. The van der Waals surface area contributed by atoms with Crippen molar-refractivity contribution in [2.75, 3.05) is 55.9 Å². The van der Waals surface area contributed by atoms with Gasteiger partial charge in [-0.1, -0.05) is 23.7 Å². The molecule has 182 valence electrons. The normalized spacial score (nSPS) is 15.8. The molecule has 0 unspecified atom stereocenters. The minimum absolute atomic E-state index is 0.142. The summed E-state index contributed by atoms with van der Waals surface area (Å²) in [5.41, 5.74) is 2.16. The predicted octanol–water partition coefficient (Wildman–Crippen LogP) is 4.51. The molecule has 0 amide bonds. The maximum atomic E-state index is 11.6. The number of halogens is 1. The molecule has 0 radical (unpaired) electrons. The summed E-state index contributed by atoms with van der Waals surface area (Å²) in [5.74, 6) is 1.11. The molecular weight excluding hydrogens is 468 g/mol. The predicted molar refractivity (Wildman–Crippen MR) is 135 cm³/mol. The third-order valence-corrected chi connectivity index (χ3v) is 6.58. The molecule has 1 aromatic heterocycles. The average Bonchev–Trinajstić information content (AvgIpc) is 2.87. The van der Waals surface area contributed by atoms with Crippen LogP contribution in [-0.2, 0) is 0 Å². The number of aromatic nitrogens is 1. The highest BCUT2D eigenvalue weighted by Crippen LogP contribution is 2.41. The van der Waals surface area contributed by atoms with Crippen molar-refractivity contribution in [1.29, 1.82) is 0 Å². The summed E-state index contributed by atoms with van der Waals surface area (Å²) in [6.07, 6.45) is 2.57. The molecule has 8 nitrogen and oxygen atoms in total. The lowest BCUT2D eigenvalue weighted by molar-refractivity contribution is 0.0697. The van der Waals surface area contributed by atoms with Gasteiger partial charge in [0.1, 0.15) is 22.9 Å². The summed E-state index contributed by atoms with van der Waals surface area (Å²) in [6, 6.07) is 16.9. The SMILES string of the molecule is O=C(O)c1cccnc1N1CCN(CCCN2c3ccccc3OCOc3ccc(Cl)cc32)CC1. The fourth-order valence-electron chi connectivity index (χ4n) is 4.60. The number of piperazine rings is 1. The molecular formula is C26H27ClN4O4. The Labute approximate surface area is 209 Å². The van der Waals surface area contributed by atoms with Gasteiger partial charge in [-0.3, -0.25) is 4.90 Å². The summed E-state index contributed by atoms with van der Waals surface area (Å²) in [7, 11) is 0. The van der Waals surface area contributed by atoms with Crippen LogP contribution in [0.3, 0.4) is 0 Å². The van der Waals surface area contributed by atoms with Crippen molar-refractivity contribution >= 4 is 34.8 Å². The van der Waals surface area contributed by atoms with E-state index < -0.39 is 5.97 Å². The number of nitrogens with zero attached hydrogens (tertiary/aromatic N) is 4. The van der Waals surface area contributed by atoms with Crippen molar-refractivity contribution in [1.82, 2.24) is 9.88 Å². The van der Waals surface area contributed by atoms with Crippen LogP contribution in [0.25, 0.3) is 0 Å². The standard InChI is InChI=1S/C26H27ClN4O4/c27-19-8-9-24-22(17-19)31(21-6-1-2-7-23(21)34-18-35-24)12-4-11-29-13-15-30(16-14-29)25-20(26(32)33)5-3-10-28-25/h1-3,5-10,17H,4,11-16,18H2,(H,32,33). The van der Waals surface area contributed by atoms with E-state index in [1.54, 1.807) is 18.3 Å². The number of aromatic carboxylic acids is 1. The van der Waals surface area contributed by atoms with Crippen LogP contribution in [-0.4, -0.2) is 67.0 Å². The first-order valence-corrected chi connectivity index (χ1v) is 12.1. The number of carboxylic acids is 1. The minimum atomic E-state index is -0.947. The lowest BCUT2D eigenvalue weighted by atomic mass is 10.1. The molecule has 1 N–H and O–H groups in total. The van der Waals surface area contributed by atoms with Crippen LogP contribution in [0.1, 0.15) is 16.8 Å². The van der Waals surface area contributed by atoms with Gasteiger partial charge in [-0.2, -0.15) is 0 Å². The molecule has 2 aromatic carbocycles. The van der Waals surface area contributed by atoms with E-state index in [0.29, 0.717) is 10.8 Å². The van der Waals surface area contributed by atoms with Gasteiger partial charge in [0.15, 0.2) is 0 Å². The summed E-state index contributed by atoms with van der Waals surface area (Å²) in [6.45, 7) is 5.00. The zero-order valence-electron chi connectivity index (χ0n) is 19.3. The third-order valence-electron chi connectivity index (χ3n) is 6.34. The second-order valence-corrected chi connectivity index (χ2v) is 8.94. The van der Waals surface area contributed by atoms with Crippen molar-refractivity contribution in [3.8, 4) is 11.5 Å². The molecule has 9 heteroatoms. The Kier molecular flexibility index (Phi) is 6.92. The van der Waals surface area contributed by atoms with Crippen molar-refractivity contribution in [3.63, 3.8) is 0 Å². The second kappa shape index (κ2) is 10.4. The zero-order valence-corrected chi connectivity index (χ0v) is 20.0. The Bertz CT molecular complexity index is 1200. The number of carbonyl (C=O) groups is 1. The monoisotopic (exact) mass is 494 g/mol. The highest BCUT2D eigenvalue weighted by molar-refractivity contribution is 6.31. The Hall–Kier alpha value is -3.49. The minimum Gasteiger partial charge on any atom is -0.478 e. The number of benzene rings is 2. The van der Waals surface area contributed by atoms with Gasteiger partial charge in [-0.05, 0) is 55.4 Å². The van der Waals surface area contributed by atoms with Crippen molar-refractivity contribution in [2.24, 2.45) is 0 Å². The fraction of sp³-hybridized carbons (Fsp3) is 0.308. The number of anilines is 3. The van der Waals surface area contributed by atoms with E-state index in [1.165, 1.54) is 0 Å². The molecule has 2 aliphatic rings. The fourth-order valence-corrected chi connectivity index (χ4v) is 4.77. The topological polar surface area (TPSA) is 78.4 Å². The smallest absolute Gasteiger partial charge is 0.339 e. The summed E-state index contributed by atoms with van der Waals surface area (Å²) < 4.78 is 11.7. The molecule has 0 atom stereocenters. The van der Waals surface area contributed by atoms with E-state index in [-0.39, 0.29) is 12.4 Å². The van der Waals surface area contributed by atoms with Crippen LogP contribution in [0.4, 0.5) is 17.2 Å². The lowest BCUT2D eigenvalue weighted by Crippen LogP contribution is -2.47. The van der Waals surface area contributed by atoms with Gasteiger partial charge < -0.3 is 24.4 Å². The molecule has 0 spiro atoms. The van der Waals surface area contributed by atoms with Crippen LogP contribution in [0.15, 0.2) is 60.8 Å². The number of hydrogen-bond donors (Lipinski definition) is 1. The number of pyridine rings is 1. The molecule has 5 rings (SSSR count). The van der Waals surface area contributed by atoms with Gasteiger partial charge in [0.25, 0.3) is 0 Å².